The van der Waals surface area contributed by atoms with Crippen molar-refractivity contribution in [3.63, 3.8) is 0 Å². The van der Waals surface area contributed by atoms with E-state index in [1.165, 1.54) is 57.8 Å². The van der Waals surface area contributed by atoms with E-state index >= 15 is 0 Å². The number of carboxylic acids is 1. The minimum absolute atomic E-state index is 0.259. The van der Waals surface area contributed by atoms with Gasteiger partial charge in [0.25, 0.3) is 0 Å². The van der Waals surface area contributed by atoms with Gasteiger partial charge in [0, 0.05) is 12.1 Å². The van der Waals surface area contributed by atoms with Crippen molar-refractivity contribution >= 4 is 5.97 Å². The molecule has 3 nitrogen and oxygen atoms in total. The van der Waals surface area contributed by atoms with Crippen LogP contribution in [0.3, 0.4) is 0 Å². The van der Waals surface area contributed by atoms with Crippen LogP contribution in [-0.4, -0.2) is 34.6 Å². The van der Waals surface area contributed by atoms with Crippen molar-refractivity contribution in [1.29, 1.82) is 0 Å². The first-order valence-corrected chi connectivity index (χ1v) is 6.75. The van der Waals surface area contributed by atoms with E-state index in [0.29, 0.717) is 12.1 Å². The summed E-state index contributed by atoms with van der Waals surface area (Å²) in [6.45, 7) is 0.259. The van der Waals surface area contributed by atoms with E-state index in [0.717, 1.165) is 0 Å². The van der Waals surface area contributed by atoms with Crippen LogP contribution in [0.1, 0.15) is 57.8 Å². The summed E-state index contributed by atoms with van der Waals surface area (Å²) in [4.78, 5) is 13.2. The van der Waals surface area contributed by atoms with Crippen molar-refractivity contribution in [2.24, 2.45) is 0 Å². The monoisotopic (exact) mass is 225 g/mol. The Morgan fingerprint density at radius 1 is 0.938 bits per heavy atom. The summed E-state index contributed by atoms with van der Waals surface area (Å²) >= 11 is 0. The van der Waals surface area contributed by atoms with Crippen molar-refractivity contribution < 1.29 is 9.90 Å². The zero-order valence-electron chi connectivity index (χ0n) is 10.0. The van der Waals surface area contributed by atoms with Gasteiger partial charge >= 0.3 is 5.97 Å². The van der Waals surface area contributed by atoms with Gasteiger partial charge in [0.2, 0.25) is 0 Å². The second-order valence-electron chi connectivity index (χ2n) is 5.30. The molecule has 2 aliphatic carbocycles. The molecule has 16 heavy (non-hydrogen) atoms. The Morgan fingerprint density at radius 2 is 1.44 bits per heavy atom. The average molecular weight is 225 g/mol. The first-order chi connectivity index (χ1) is 7.77. The molecule has 92 valence electrons. The summed E-state index contributed by atoms with van der Waals surface area (Å²) in [6, 6.07) is 1.13. The van der Waals surface area contributed by atoms with Gasteiger partial charge in [-0.15, -0.1) is 0 Å². The summed E-state index contributed by atoms with van der Waals surface area (Å²) in [5, 5.41) is 8.98. The third kappa shape index (κ3) is 3.48. The molecular formula is C13H23NO2. The molecule has 3 heteroatoms. The number of nitrogens with zero attached hydrogens (tertiary/aromatic N) is 1. The van der Waals surface area contributed by atoms with Gasteiger partial charge in [0.05, 0.1) is 6.54 Å². The van der Waals surface area contributed by atoms with Crippen LogP contribution in [0.5, 0.6) is 0 Å². The van der Waals surface area contributed by atoms with Gasteiger partial charge in [0.1, 0.15) is 0 Å². The van der Waals surface area contributed by atoms with Crippen LogP contribution in [0.2, 0.25) is 0 Å². The van der Waals surface area contributed by atoms with E-state index in [2.05, 4.69) is 4.90 Å². The second kappa shape index (κ2) is 5.67. The van der Waals surface area contributed by atoms with Gasteiger partial charge in [0.15, 0.2) is 0 Å². The van der Waals surface area contributed by atoms with Crippen molar-refractivity contribution in [2.75, 3.05) is 6.54 Å². The molecule has 2 aliphatic rings. The highest BCUT2D eigenvalue weighted by Crippen LogP contribution is 2.32. The van der Waals surface area contributed by atoms with E-state index < -0.39 is 5.97 Å². The highest BCUT2D eigenvalue weighted by Gasteiger charge is 2.34. The maximum absolute atomic E-state index is 10.9. The van der Waals surface area contributed by atoms with E-state index in [9.17, 15) is 4.79 Å². The Hall–Kier alpha value is -0.570. The molecule has 0 unspecified atom stereocenters. The smallest absolute Gasteiger partial charge is 0.317 e. The van der Waals surface area contributed by atoms with Gasteiger partial charge in [-0.2, -0.15) is 0 Å². The molecule has 0 saturated heterocycles. The van der Waals surface area contributed by atoms with E-state index in [4.69, 9.17) is 5.11 Å². The van der Waals surface area contributed by atoms with Crippen molar-refractivity contribution in [3.05, 3.63) is 0 Å². The lowest BCUT2D eigenvalue weighted by Crippen LogP contribution is -2.41. The van der Waals surface area contributed by atoms with Gasteiger partial charge < -0.3 is 5.11 Å². The van der Waals surface area contributed by atoms with Crippen LogP contribution in [0.15, 0.2) is 0 Å². The van der Waals surface area contributed by atoms with Crippen LogP contribution >= 0.6 is 0 Å². The highest BCUT2D eigenvalue weighted by atomic mass is 16.4. The first kappa shape index (κ1) is 11.9. The summed E-state index contributed by atoms with van der Waals surface area (Å²) in [7, 11) is 0. The molecule has 2 rings (SSSR count). The molecule has 0 amide bonds. The van der Waals surface area contributed by atoms with Crippen molar-refractivity contribution in [2.45, 2.75) is 69.9 Å². The third-order valence-corrected chi connectivity index (χ3v) is 3.88. The normalized spacial score (nSPS) is 24.1. The Labute approximate surface area is 97.8 Å². The molecule has 2 fully saturated rings. The number of carboxylic acid groups (broad SMARTS) is 1. The SMILES string of the molecule is O=C(O)CN(C1CCCCCCC1)C1CC1. The van der Waals surface area contributed by atoms with Gasteiger partial charge in [-0.25, -0.2) is 0 Å². The Balaban J connectivity index is 1.90. The number of hydrogen-bond acceptors (Lipinski definition) is 2. The maximum atomic E-state index is 10.9. The largest absolute Gasteiger partial charge is 0.480 e. The number of aliphatic carboxylic acids is 1. The Kier molecular flexibility index (Phi) is 4.22. The maximum Gasteiger partial charge on any atom is 0.317 e. The molecule has 0 spiro atoms. The van der Waals surface area contributed by atoms with Crippen LogP contribution in [0.25, 0.3) is 0 Å². The lowest BCUT2D eigenvalue weighted by atomic mass is 9.95. The molecule has 2 saturated carbocycles. The fraction of sp³-hybridized carbons (Fsp3) is 0.923. The zero-order valence-corrected chi connectivity index (χ0v) is 10.0. The lowest BCUT2D eigenvalue weighted by molar-refractivity contribution is -0.139. The molecule has 0 radical (unpaired) electrons. The third-order valence-electron chi connectivity index (χ3n) is 3.88. The van der Waals surface area contributed by atoms with E-state index in [1.807, 2.05) is 0 Å². The topological polar surface area (TPSA) is 40.5 Å². The fourth-order valence-corrected chi connectivity index (χ4v) is 2.88. The van der Waals surface area contributed by atoms with E-state index in [-0.39, 0.29) is 6.54 Å². The molecule has 1 N–H and O–H groups in total. The van der Waals surface area contributed by atoms with Crippen molar-refractivity contribution in [3.8, 4) is 0 Å². The fourth-order valence-electron chi connectivity index (χ4n) is 2.88. The van der Waals surface area contributed by atoms with Gasteiger partial charge in [-0.3, -0.25) is 9.69 Å². The molecule has 0 aliphatic heterocycles. The average Bonchev–Trinajstić information content (AvgIpc) is 2.97. The minimum atomic E-state index is -0.658. The predicted molar refractivity (Wildman–Crippen MR) is 63.5 cm³/mol. The quantitative estimate of drug-likeness (QED) is 0.799. The van der Waals surface area contributed by atoms with Crippen LogP contribution in [0.4, 0.5) is 0 Å². The van der Waals surface area contributed by atoms with Crippen LogP contribution in [0, 0.1) is 0 Å². The summed E-state index contributed by atoms with van der Waals surface area (Å²) in [5.41, 5.74) is 0. The molecule has 0 aromatic carbocycles. The molecule has 0 aromatic rings. The van der Waals surface area contributed by atoms with Crippen LogP contribution in [-0.2, 0) is 4.79 Å². The molecule has 0 heterocycles. The zero-order chi connectivity index (χ0) is 11.4. The highest BCUT2D eigenvalue weighted by molar-refractivity contribution is 5.69. The first-order valence-electron chi connectivity index (χ1n) is 6.75. The van der Waals surface area contributed by atoms with E-state index in [1.54, 1.807) is 0 Å². The number of rotatable bonds is 4. The molecule has 0 aromatic heterocycles. The molecular weight excluding hydrogens is 202 g/mol. The number of carbonyl (C=O) groups is 1. The number of hydrogen-bond donors (Lipinski definition) is 1. The minimum Gasteiger partial charge on any atom is -0.480 e. The predicted octanol–water partition coefficient (Wildman–Crippen LogP) is 2.65. The standard InChI is InChI=1S/C13H23NO2/c15-13(16)10-14(12-8-9-12)11-6-4-2-1-3-5-7-11/h11-12H,1-10H2,(H,15,16). The molecule has 0 bridgehead atoms. The summed E-state index contributed by atoms with van der Waals surface area (Å²) in [6.07, 6.45) is 11.5. The summed E-state index contributed by atoms with van der Waals surface area (Å²) in [5.74, 6) is -0.658. The second-order valence-corrected chi connectivity index (χ2v) is 5.30. The van der Waals surface area contributed by atoms with Gasteiger partial charge in [-0.05, 0) is 25.7 Å². The lowest BCUT2D eigenvalue weighted by Gasteiger charge is -2.31. The molecule has 0 atom stereocenters. The summed E-state index contributed by atoms with van der Waals surface area (Å²) < 4.78 is 0. The Bertz CT molecular complexity index is 230. The van der Waals surface area contributed by atoms with Gasteiger partial charge in [-0.1, -0.05) is 32.1 Å². The van der Waals surface area contributed by atoms with Crippen LogP contribution < -0.4 is 0 Å². The van der Waals surface area contributed by atoms with Crippen molar-refractivity contribution in [1.82, 2.24) is 4.90 Å². The Morgan fingerprint density at radius 3 is 1.94 bits per heavy atom.